The van der Waals surface area contributed by atoms with E-state index in [2.05, 4.69) is 115 Å². The summed E-state index contributed by atoms with van der Waals surface area (Å²) in [4.78, 5) is 4.32. The summed E-state index contributed by atoms with van der Waals surface area (Å²) in [6.07, 6.45) is 0. The van der Waals surface area contributed by atoms with Gasteiger partial charge < -0.3 is 22.2 Å². The Balaban J connectivity index is 0.00000225. The summed E-state index contributed by atoms with van der Waals surface area (Å²) < 4.78 is 2.44. The van der Waals surface area contributed by atoms with E-state index in [1.54, 1.807) is 0 Å². The average Bonchev–Trinajstić information content (AvgIpc) is 2.67. The Kier molecular flexibility index (Phi) is 5.76. The maximum absolute atomic E-state index is 2.44. The van der Waals surface area contributed by atoms with Gasteiger partial charge in [0.1, 0.15) is 0 Å². The number of halogens is 1. The molecule has 3 aromatic carbocycles. The fourth-order valence-electron chi connectivity index (χ4n) is 3.57. The van der Waals surface area contributed by atoms with Gasteiger partial charge in [-0.3, -0.25) is 0 Å². The van der Waals surface area contributed by atoms with Crippen molar-refractivity contribution in [3.05, 3.63) is 78.4 Å². The van der Waals surface area contributed by atoms with Crippen LogP contribution in [0.2, 0.25) is 0 Å². The van der Waals surface area contributed by atoms with E-state index >= 15 is 0 Å². The maximum atomic E-state index is 2.44. The highest BCUT2D eigenvalue weighted by molar-refractivity contribution is 5.91. The minimum absolute atomic E-state index is 0. The summed E-state index contributed by atoms with van der Waals surface area (Å²) in [6.45, 7) is 0.850. The number of nitrogens with zero attached hydrogens (tertiary/aromatic N) is 3. The summed E-state index contributed by atoms with van der Waals surface area (Å²) in [5, 5.41) is 2.53. The second kappa shape index (κ2) is 8.07. The minimum Gasteiger partial charge on any atom is -1.00 e. The molecule has 0 aliphatic rings. The number of hydrogen-bond donors (Lipinski definition) is 0. The van der Waals surface area contributed by atoms with Crippen LogP contribution in [0.25, 0.3) is 21.8 Å². The van der Waals surface area contributed by atoms with Gasteiger partial charge in [0.25, 0.3) is 0 Å². The molecule has 1 aromatic heterocycles. The van der Waals surface area contributed by atoms with Gasteiger partial charge in [-0.25, -0.2) is 0 Å². The molecular formula is C24H26ClN3. The van der Waals surface area contributed by atoms with Crippen molar-refractivity contribution >= 4 is 33.2 Å². The molecule has 0 aliphatic heterocycles. The normalized spacial score (nSPS) is 10.7. The molecular weight excluding hydrogens is 366 g/mol. The molecule has 144 valence electrons. The molecule has 0 bridgehead atoms. The van der Waals surface area contributed by atoms with Crippen molar-refractivity contribution in [2.24, 2.45) is 0 Å². The van der Waals surface area contributed by atoms with E-state index in [4.69, 9.17) is 0 Å². The maximum Gasteiger partial charge on any atom is 0.215 e. The molecule has 1 heterocycles. The Morgan fingerprint density at radius 3 is 1.61 bits per heavy atom. The second-order valence-corrected chi connectivity index (χ2v) is 7.49. The Hall–Kier alpha value is -2.78. The van der Waals surface area contributed by atoms with Crippen molar-refractivity contribution in [2.75, 3.05) is 38.0 Å². The van der Waals surface area contributed by atoms with Crippen LogP contribution in [0.4, 0.5) is 11.4 Å². The first-order valence-corrected chi connectivity index (χ1v) is 9.32. The third-order valence-electron chi connectivity index (χ3n) is 5.14. The van der Waals surface area contributed by atoms with Crippen molar-refractivity contribution in [1.29, 1.82) is 0 Å². The second-order valence-electron chi connectivity index (χ2n) is 7.49. The molecule has 0 saturated heterocycles. The van der Waals surface area contributed by atoms with Gasteiger partial charge in [-0.1, -0.05) is 30.3 Å². The first-order chi connectivity index (χ1) is 13.0. The molecule has 0 radical (unpaired) electrons. The number of benzene rings is 3. The van der Waals surface area contributed by atoms with Gasteiger partial charge in [0.05, 0.1) is 0 Å². The summed E-state index contributed by atoms with van der Waals surface area (Å²) >= 11 is 0. The third-order valence-corrected chi connectivity index (χ3v) is 5.14. The standard InChI is InChI=1S/C24H26N3.ClH/c1-25(2)21-12-10-19-14-20-11-13-22(26(3)4)16-24(20)27(23(19)15-21)17-18-8-6-5-7-9-18;/h5-16H,17H2,1-4H3;1H/q+1;/p-1. The lowest BCUT2D eigenvalue weighted by Gasteiger charge is -2.15. The lowest BCUT2D eigenvalue weighted by molar-refractivity contribution is -0.635. The van der Waals surface area contributed by atoms with Crippen molar-refractivity contribution in [1.82, 2.24) is 0 Å². The van der Waals surface area contributed by atoms with Crippen LogP contribution in [0.15, 0.2) is 72.8 Å². The van der Waals surface area contributed by atoms with Gasteiger partial charge in [0, 0.05) is 68.0 Å². The number of rotatable bonds is 4. The molecule has 3 nitrogen and oxygen atoms in total. The van der Waals surface area contributed by atoms with E-state index in [9.17, 15) is 0 Å². The van der Waals surface area contributed by atoms with E-state index in [0.717, 1.165) is 6.54 Å². The number of fused-ring (bicyclic) bond motifs is 2. The lowest BCUT2D eigenvalue weighted by Crippen LogP contribution is -3.00. The monoisotopic (exact) mass is 391 g/mol. The van der Waals surface area contributed by atoms with Crippen LogP contribution < -0.4 is 26.8 Å². The largest absolute Gasteiger partial charge is 1.00 e. The molecule has 0 amide bonds. The zero-order chi connectivity index (χ0) is 19.0. The van der Waals surface area contributed by atoms with E-state index in [0.29, 0.717) is 0 Å². The van der Waals surface area contributed by atoms with Gasteiger partial charge in [0.15, 0.2) is 6.54 Å². The highest BCUT2D eigenvalue weighted by atomic mass is 35.5. The molecule has 0 spiro atoms. The fraction of sp³-hybridized carbons (Fsp3) is 0.208. The van der Waals surface area contributed by atoms with Gasteiger partial charge in [-0.2, -0.15) is 4.57 Å². The van der Waals surface area contributed by atoms with Crippen LogP contribution in [-0.4, -0.2) is 28.2 Å². The smallest absolute Gasteiger partial charge is 0.215 e. The zero-order valence-electron chi connectivity index (χ0n) is 16.9. The number of hydrogen-bond acceptors (Lipinski definition) is 2. The summed E-state index contributed by atoms with van der Waals surface area (Å²) in [6, 6.07) is 26.4. The topological polar surface area (TPSA) is 10.4 Å². The highest BCUT2D eigenvalue weighted by Crippen LogP contribution is 2.25. The highest BCUT2D eigenvalue weighted by Gasteiger charge is 2.18. The van der Waals surface area contributed by atoms with Crippen LogP contribution in [0.5, 0.6) is 0 Å². The molecule has 28 heavy (non-hydrogen) atoms. The van der Waals surface area contributed by atoms with Crippen LogP contribution >= 0.6 is 0 Å². The minimum atomic E-state index is 0. The molecule has 0 atom stereocenters. The average molecular weight is 392 g/mol. The molecule has 0 aliphatic carbocycles. The summed E-state index contributed by atoms with van der Waals surface area (Å²) in [5.74, 6) is 0. The summed E-state index contributed by atoms with van der Waals surface area (Å²) in [7, 11) is 8.36. The first-order valence-electron chi connectivity index (χ1n) is 9.32. The molecule has 4 aromatic rings. The van der Waals surface area contributed by atoms with Crippen LogP contribution in [0.3, 0.4) is 0 Å². The van der Waals surface area contributed by atoms with Crippen LogP contribution in [0.1, 0.15) is 5.56 Å². The van der Waals surface area contributed by atoms with Crippen molar-refractivity contribution in [3.63, 3.8) is 0 Å². The third kappa shape index (κ3) is 3.76. The molecule has 0 saturated carbocycles. The lowest BCUT2D eigenvalue weighted by atomic mass is 10.1. The van der Waals surface area contributed by atoms with Gasteiger partial charge >= 0.3 is 0 Å². The van der Waals surface area contributed by atoms with E-state index in [-0.39, 0.29) is 12.4 Å². The van der Waals surface area contributed by atoms with Gasteiger partial charge in [-0.05, 0) is 30.3 Å². The van der Waals surface area contributed by atoms with Gasteiger partial charge in [-0.15, -0.1) is 0 Å². The zero-order valence-corrected chi connectivity index (χ0v) is 17.6. The predicted molar refractivity (Wildman–Crippen MR) is 116 cm³/mol. The predicted octanol–water partition coefficient (Wildman–Crippen LogP) is 1.46. The Bertz CT molecular complexity index is 1040. The quantitative estimate of drug-likeness (QED) is 0.385. The van der Waals surface area contributed by atoms with Gasteiger partial charge in [0.2, 0.25) is 11.0 Å². The van der Waals surface area contributed by atoms with Crippen LogP contribution in [0, 0.1) is 0 Å². The van der Waals surface area contributed by atoms with E-state index in [1.807, 2.05) is 0 Å². The summed E-state index contributed by atoms with van der Waals surface area (Å²) in [5.41, 5.74) is 6.25. The van der Waals surface area contributed by atoms with Crippen molar-refractivity contribution in [2.45, 2.75) is 6.54 Å². The number of aromatic nitrogens is 1. The molecule has 0 unspecified atom stereocenters. The van der Waals surface area contributed by atoms with Crippen LogP contribution in [-0.2, 0) is 6.54 Å². The van der Waals surface area contributed by atoms with Crippen molar-refractivity contribution < 1.29 is 17.0 Å². The number of pyridine rings is 1. The first kappa shape index (κ1) is 20.0. The molecule has 4 rings (SSSR count). The molecule has 4 heteroatoms. The van der Waals surface area contributed by atoms with E-state index < -0.39 is 0 Å². The Morgan fingerprint density at radius 1 is 0.643 bits per heavy atom. The SMILES string of the molecule is CN(C)c1ccc2cc3ccc(N(C)C)cc3[n+](Cc3ccccc3)c2c1.[Cl-]. The molecule has 0 N–H and O–H groups in total. The Morgan fingerprint density at radius 2 is 1.14 bits per heavy atom. The number of anilines is 2. The fourth-order valence-corrected chi connectivity index (χ4v) is 3.57. The Labute approximate surface area is 173 Å². The van der Waals surface area contributed by atoms with E-state index in [1.165, 1.54) is 38.7 Å². The van der Waals surface area contributed by atoms with Crippen molar-refractivity contribution in [3.8, 4) is 0 Å². The molecule has 0 fully saturated rings.